The molecule has 0 aromatic heterocycles. The summed E-state index contributed by atoms with van der Waals surface area (Å²) < 4.78 is 0. The minimum absolute atomic E-state index is 0.695. The first kappa shape index (κ1) is 12.6. The van der Waals surface area contributed by atoms with Crippen molar-refractivity contribution in [1.29, 1.82) is 0 Å². The number of rotatable bonds is 7. The Balaban J connectivity index is 3.39. The van der Waals surface area contributed by atoms with Crippen molar-refractivity contribution in [3.63, 3.8) is 0 Å². The van der Waals surface area contributed by atoms with E-state index in [1.54, 1.807) is 0 Å². The summed E-state index contributed by atoms with van der Waals surface area (Å²) in [5.41, 5.74) is 0. The molecule has 0 aliphatic heterocycles. The second kappa shape index (κ2) is 8.21. The van der Waals surface area contributed by atoms with E-state index < -0.39 is 0 Å². The van der Waals surface area contributed by atoms with Gasteiger partial charge in [-0.15, -0.1) is 11.6 Å². The summed E-state index contributed by atoms with van der Waals surface area (Å²) in [5, 5.41) is 0. The van der Waals surface area contributed by atoms with Crippen LogP contribution < -0.4 is 0 Å². The van der Waals surface area contributed by atoms with Crippen molar-refractivity contribution in [2.45, 2.75) is 25.8 Å². The second-order valence-electron chi connectivity index (χ2n) is 3.15. The molecule has 0 bridgehead atoms. The molecule has 0 heterocycles. The lowest BCUT2D eigenvalue weighted by atomic mass is 10.2. The fourth-order valence-corrected chi connectivity index (χ4v) is 1.73. The quantitative estimate of drug-likeness (QED) is 0.594. The van der Waals surface area contributed by atoms with Gasteiger partial charge in [0.1, 0.15) is 0 Å². The monoisotopic (exact) mass is 209 g/mol. The van der Waals surface area contributed by atoms with Crippen LogP contribution in [0.25, 0.3) is 0 Å². The van der Waals surface area contributed by atoms with Crippen LogP contribution >= 0.6 is 23.4 Å². The highest BCUT2D eigenvalue weighted by molar-refractivity contribution is 7.98. The zero-order valence-corrected chi connectivity index (χ0v) is 9.92. The minimum atomic E-state index is 0.695. The van der Waals surface area contributed by atoms with E-state index in [9.17, 15) is 0 Å². The van der Waals surface area contributed by atoms with Gasteiger partial charge >= 0.3 is 0 Å². The Morgan fingerprint density at radius 2 is 2.17 bits per heavy atom. The summed E-state index contributed by atoms with van der Waals surface area (Å²) in [6.45, 7) is 3.41. The number of hydrogen-bond donors (Lipinski definition) is 0. The molecule has 0 N–H and O–H groups in total. The third-order valence-electron chi connectivity index (χ3n) is 2.14. The molecule has 0 rings (SSSR count). The van der Waals surface area contributed by atoms with Crippen LogP contribution in [0.4, 0.5) is 0 Å². The second-order valence-corrected chi connectivity index (χ2v) is 4.52. The Morgan fingerprint density at radius 3 is 2.67 bits per heavy atom. The largest absolute Gasteiger partial charge is 0.304 e. The maximum atomic E-state index is 5.62. The lowest BCUT2D eigenvalue weighted by Crippen LogP contribution is -2.30. The third kappa shape index (κ3) is 6.15. The molecule has 0 fully saturated rings. The Hall–Kier alpha value is 0.600. The van der Waals surface area contributed by atoms with Crippen LogP contribution in [-0.4, -0.2) is 42.4 Å². The summed E-state index contributed by atoms with van der Waals surface area (Å²) in [6, 6.07) is 0.695. The fourth-order valence-electron chi connectivity index (χ4n) is 1.04. The van der Waals surface area contributed by atoms with Gasteiger partial charge in [0.15, 0.2) is 0 Å². The summed E-state index contributed by atoms with van der Waals surface area (Å²) in [4.78, 5) is 2.39. The van der Waals surface area contributed by atoms with Crippen LogP contribution in [0.5, 0.6) is 0 Å². The molecular weight excluding hydrogens is 190 g/mol. The molecule has 0 aromatic carbocycles. The van der Waals surface area contributed by atoms with Crippen molar-refractivity contribution < 1.29 is 0 Å². The molecule has 0 saturated heterocycles. The van der Waals surface area contributed by atoms with Crippen LogP contribution in [0.1, 0.15) is 19.8 Å². The lowest BCUT2D eigenvalue weighted by Gasteiger charge is -2.23. The van der Waals surface area contributed by atoms with Crippen LogP contribution in [0.15, 0.2) is 0 Å². The van der Waals surface area contributed by atoms with Gasteiger partial charge in [0.2, 0.25) is 0 Å². The number of hydrogen-bond acceptors (Lipinski definition) is 2. The number of nitrogens with zero attached hydrogens (tertiary/aromatic N) is 1. The van der Waals surface area contributed by atoms with Crippen LogP contribution in [0, 0.1) is 0 Å². The summed E-state index contributed by atoms with van der Waals surface area (Å²) in [5.74, 6) is 2.03. The average Bonchev–Trinajstić information content (AvgIpc) is 2.10. The van der Waals surface area contributed by atoms with Crippen molar-refractivity contribution in [1.82, 2.24) is 4.90 Å². The third-order valence-corrected chi connectivity index (χ3v) is 3.05. The molecule has 0 radical (unpaired) electrons. The zero-order chi connectivity index (χ0) is 9.40. The van der Waals surface area contributed by atoms with Crippen molar-refractivity contribution in [3.8, 4) is 0 Å². The Labute approximate surface area is 85.8 Å². The molecule has 0 aliphatic carbocycles. The molecule has 3 heteroatoms. The normalized spacial score (nSPS) is 13.8. The van der Waals surface area contributed by atoms with Gasteiger partial charge in [0.05, 0.1) is 0 Å². The van der Waals surface area contributed by atoms with Crippen molar-refractivity contribution in [2.24, 2.45) is 0 Å². The molecule has 1 nitrogen and oxygen atoms in total. The zero-order valence-electron chi connectivity index (χ0n) is 8.35. The predicted octanol–water partition coefficient (Wildman–Crippen LogP) is 2.69. The topological polar surface area (TPSA) is 3.24 Å². The van der Waals surface area contributed by atoms with Crippen molar-refractivity contribution in [3.05, 3.63) is 0 Å². The first-order chi connectivity index (χ1) is 5.72. The molecule has 0 aliphatic rings. The minimum Gasteiger partial charge on any atom is -0.304 e. The van der Waals surface area contributed by atoms with Gasteiger partial charge in [-0.1, -0.05) is 0 Å². The van der Waals surface area contributed by atoms with Crippen LogP contribution in [0.3, 0.4) is 0 Å². The van der Waals surface area contributed by atoms with E-state index in [-0.39, 0.29) is 0 Å². The van der Waals surface area contributed by atoms with Crippen molar-refractivity contribution >= 4 is 23.4 Å². The van der Waals surface area contributed by atoms with Gasteiger partial charge in [-0.25, -0.2) is 0 Å². The summed E-state index contributed by atoms with van der Waals surface area (Å²) in [7, 11) is 2.18. The summed E-state index contributed by atoms with van der Waals surface area (Å²) >= 11 is 7.54. The fraction of sp³-hybridized carbons (Fsp3) is 1.00. The molecule has 74 valence electrons. The Bertz CT molecular complexity index is 88.5. The van der Waals surface area contributed by atoms with Gasteiger partial charge < -0.3 is 4.90 Å². The van der Waals surface area contributed by atoms with Gasteiger partial charge in [0, 0.05) is 11.9 Å². The average molecular weight is 210 g/mol. The van der Waals surface area contributed by atoms with Gasteiger partial charge in [0.25, 0.3) is 0 Å². The first-order valence-electron chi connectivity index (χ1n) is 4.47. The molecule has 0 aromatic rings. The van der Waals surface area contributed by atoms with Crippen molar-refractivity contribution in [2.75, 3.05) is 31.5 Å². The molecule has 1 unspecified atom stereocenters. The Morgan fingerprint density at radius 1 is 1.50 bits per heavy atom. The lowest BCUT2D eigenvalue weighted by molar-refractivity contribution is 0.254. The highest BCUT2D eigenvalue weighted by Gasteiger charge is 2.06. The Kier molecular flexibility index (Phi) is 8.62. The number of alkyl halides is 1. The van der Waals surface area contributed by atoms with E-state index in [0.717, 1.165) is 18.8 Å². The van der Waals surface area contributed by atoms with Gasteiger partial charge in [-0.2, -0.15) is 11.8 Å². The SMILES string of the molecule is CSCCC(C)N(C)CCCCl. The van der Waals surface area contributed by atoms with E-state index in [1.165, 1.54) is 12.2 Å². The molecule has 0 spiro atoms. The van der Waals surface area contributed by atoms with Crippen LogP contribution in [-0.2, 0) is 0 Å². The first-order valence-corrected chi connectivity index (χ1v) is 6.40. The molecule has 0 amide bonds. The van der Waals surface area contributed by atoms with E-state index in [0.29, 0.717) is 6.04 Å². The van der Waals surface area contributed by atoms with E-state index >= 15 is 0 Å². The highest BCUT2D eigenvalue weighted by Crippen LogP contribution is 2.06. The smallest absolute Gasteiger partial charge is 0.0235 e. The molecule has 0 saturated carbocycles. The van der Waals surface area contributed by atoms with Gasteiger partial charge in [-0.3, -0.25) is 0 Å². The van der Waals surface area contributed by atoms with Gasteiger partial charge in [-0.05, 0) is 45.4 Å². The van der Waals surface area contributed by atoms with E-state index in [4.69, 9.17) is 11.6 Å². The number of thioether (sulfide) groups is 1. The van der Waals surface area contributed by atoms with E-state index in [2.05, 4.69) is 25.1 Å². The molecular formula is C9H20ClNS. The van der Waals surface area contributed by atoms with Crippen LogP contribution in [0.2, 0.25) is 0 Å². The predicted molar refractivity (Wildman–Crippen MR) is 60.4 cm³/mol. The summed E-state index contributed by atoms with van der Waals surface area (Å²) in [6.07, 6.45) is 4.53. The molecule has 1 atom stereocenters. The maximum Gasteiger partial charge on any atom is 0.0235 e. The van der Waals surface area contributed by atoms with E-state index in [1.807, 2.05) is 11.8 Å². The molecule has 12 heavy (non-hydrogen) atoms. The highest BCUT2D eigenvalue weighted by atomic mass is 35.5. The maximum absolute atomic E-state index is 5.62. The standard InChI is InChI=1S/C9H20ClNS/c1-9(5-8-12-3)11(2)7-4-6-10/h9H,4-8H2,1-3H3. The number of halogens is 1.